The molecule has 0 aliphatic heterocycles. The van der Waals surface area contributed by atoms with E-state index < -0.39 is 36.2 Å². The average Bonchev–Trinajstić information content (AvgIpc) is 2.83. The molecule has 182 valence electrons. The van der Waals surface area contributed by atoms with E-state index in [4.69, 9.17) is 9.47 Å². The van der Waals surface area contributed by atoms with Crippen LogP contribution in [0.4, 0.5) is 9.59 Å². The van der Waals surface area contributed by atoms with Gasteiger partial charge in [-0.15, -0.1) is 0 Å². The molecule has 0 aliphatic carbocycles. The maximum absolute atomic E-state index is 11.9. The first-order chi connectivity index (χ1) is 16.3. The number of alkyl carbamates (subject to hydrolysis) is 2. The average molecular weight is 507 g/mol. The molecule has 10 nitrogen and oxygen atoms in total. The molecule has 0 aromatic heterocycles. The third kappa shape index (κ3) is 10.5. The third-order valence-corrected chi connectivity index (χ3v) is 6.55. The summed E-state index contributed by atoms with van der Waals surface area (Å²) < 4.78 is 9.96. The normalized spacial score (nSPS) is 12.1. The van der Waals surface area contributed by atoms with Crippen LogP contribution in [0.1, 0.15) is 11.1 Å². The number of ether oxygens (including phenoxy) is 2. The highest BCUT2D eigenvalue weighted by Crippen LogP contribution is 2.23. The number of nitrogens with one attached hydrogen (secondary N) is 2. The van der Waals surface area contributed by atoms with Crippen LogP contribution in [0.25, 0.3) is 0 Å². The van der Waals surface area contributed by atoms with Gasteiger partial charge in [0.15, 0.2) is 0 Å². The second-order valence-corrected chi connectivity index (χ2v) is 9.28. The van der Waals surface area contributed by atoms with E-state index in [1.165, 1.54) is 0 Å². The van der Waals surface area contributed by atoms with Crippen LogP contribution < -0.4 is 20.8 Å². The Morgan fingerprint density at radius 2 is 1.03 bits per heavy atom. The second-order valence-electron chi connectivity index (χ2n) is 6.72. The highest BCUT2D eigenvalue weighted by Gasteiger charge is 2.18. The monoisotopic (exact) mass is 506 g/mol. The van der Waals surface area contributed by atoms with E-state index in [0.29, 0.717) is 0 Å². The molecule has 0 saturated heterocycles. The van der Waals surface area contributed by atoms with Crippen LogP contribution in [0.2, 0.25) is 0 Å². The zero-order valence-corrected chi connectivity index (χ0v) is 19.5. The molecule has 34 heavy (non-hydrogen) atoms. The van der Waals surface area contributed by atoms with E-state index in [2.05, 4.69) is 10.6 Å². The standard InChI is InChI=1S/C22H24N2O8S2/c25-19(26)17(23-21(29)31-11-15-7-3-1-4-8-15)13-33-34-14-18(20(27)28)24-22(30)32-12-16-9-5-2-6-10-16/h1-10,17-18H,11-14H2,(H,23,29)(H,24,30)(H,25,26)(H,27,28)/p-2/t17-,18-/m0/s1. The summed E-state index contributed by atoms with van der Waals surface area (Å²) in [5, 5.41) is 27.0. The van der Waals surface area contributed by atoms with Gasteiger partial charge in [-0.1, -0.05) is 82.3 Å². The lowest BCUT2D eigenvalue weighted by Crippen LogP contribution is -2.50. The summed E-state index contributed by atoms with van der Waals surface area (Å²) in [7, 11) is 1.94. The molecule has 2 N–H and O–H groups in total. The minimum absolute atomic E-state index is 0.0341. The number of benzene rings is 2. The Hall–Kier alpha value is -3.38. The van der Waals surface area contributed by atoms with Gasteiger partial charge in [-0.3, -0.25) is 0 Å². The number of hydrogen-bond donors (Lipinski definition) is 2. The summed E-state index contributed by atoms with van der Waals surface area (Å²) in [6, 6.07) is 14.9. The van der Waals surface area contributed by atoms with Crippen molar-refractivity contribution in [2.45, 2.75) is 25.3 Å². The zero-order valence-electron chi connectivity index (χ0n) is 17.8. The molecule has 2 rings (SSSR count). The maximum Gasteiger partial charge on any atom is 0.408 e. The lowest BCUT2D eigenvalue weighted by Gasteiger charge is -2.21. The molecule has 0 saturated carbocycles. The van der Waals surface area contributed by atoms with Crippen molar-refractivity contribution < 1.29 is 38.9 Å². The van der Waals surface area contributed by atoms with Gasteiger partial charge in [0.25, 0.3) is 0 Å². The van der Waals surface area contributed by atoms with E-state index in [1.807, 2.05) is 0 Å². The Kier molecular flexibility index (Phi) is 11.6. The van der Waals surface area contributed by atoms with Crippen LogP contribution in [-0.2, 0) is 32.3 Å². The lowest BCUT2D eigenvalue weighted by atomic mass is 10.2. The molecule has 0 spiro atoms. The molecular weight excluding hydrogens is 484 g/mol. The first kappa shape index (κ1) is 26.9. The molecule has 0 aliphatic rings. The molecular formula is C22H22N2O8S2-2. The van der Waals surface area contributed by atoms with Crippen molar-refractivity contribution in [3.8, 4) is 0 Å². The first-order valence-electron chi connectivity index (χ1n) is 9.95. The Morgan fingerprint density at radius 3 is 1.35 bits per heavy atom. The molecule has 0 unspecified atom stereocenters. The van der Waals surface area contributed by atoms with Gasteiger partial charge in [0.05, 0.1) is 24.0 Å². The van der Waals surface area contributed by atoms with Crippen molar-refractivity contribution in [3.05, 3.63) is 71.8 Å². The Labute approximate surface area is 203 Å². The predicted molar refractivity (Wildman–Crippen MR) is 122 cm³/mol. The smallest absolute Gasteiger partial charge is 0.408 e. The molecule has 2 aromatic carbocycles. The predicted octanol–water partition coefficient (Wildman–Crippen LogP) is 0.458. The largest absolute Gasteiger partial charge is 0.548 e. The third-order valence-electron chi connectivity index (χ3n) is 4.13. The van der Waals surface area contributed by atoms with Crippen molar-refractivity contribution in [1.29, 1.82) is 0 Å². The van der Waals surface area contributed by atoms with E-state index in [0.717, 1.165) is 32.7 Å². The number of hydrogen-bond acceptors (Lipinski definition) is 10. The molecule has 0 fully saturated rings. The highest BCUT2D eigenvalue weighted by molar-refractivity contribution is 8.76. The van der Waals surface area contributed by atoms with Crippen LogP contribution in [0.3, 0.4) is 0 Å². The highest BCUT2D eigenvalue weighted by atomic mass is 33.1. The topological polar surface area (TPSA) is 157 Å². The number of aliphatic carboxylic acids is 2. The molecule has 0 bridgehead atoms. The fraction of sp³-hybridized carbons (Fsp3) is 0.273. The summed E-state index contributed by atoms with van der Waals surface area (Å²) in [6.07, 6.45) is -1.86. The van der Waals surface area contributed by atoms with Gasteiger partial charge in [-0.25, -0.2) is 9.59 Å². The molecule has 12 heteroatoms. The minimum Gasteiger partial charge on any atom is -0.548 e. The quantitative estimate of drug-likeness (QED) is 0.289. The van der Waals surface area contributed by atoms with Gasteiger partial charge >= 0.3 is 12.2 Å². The van der Waals surface area contributed by atoms with Crippen LogP contribution >= 0.6 is 21.6 Å². The molecule has 0 radical (unpaired) electrons. The summed E-state index contributed by atoms with van der Waals surface area (Å²) in [4.78, 5) is 46.3. The van der Waals surface area contributed by atoms with Gasteiger partial charge in [0, 0.05) is 11.5 Å². The van der Waals surface area contributed by atoms with E-state index >= 15 is 0 Å². The number of rotatable bonds is 13. The van der Waals surface area contributed by atoms with Crippen LogP contribution in [0.5, 0.6) is 0 Å². The van der Waals surface area contributed by atoms with Crippen molar-refractivity contribution in [3.63, 3.8) is 0 Å². The van der Waals surface area contributed by atoms with Crippen LogP contribution in [0, 0.1) is 0 Å². The fourth-order valence-corrected chi connectivity index (χ4v) is 4.68. The molecule has 2 aromatic rings. The van der Waals surface area contributed by atoms with Crippen LogP contribution in [0.15, 0.2) is 60.7 Å². The second kappa shape index (κ2) is 14.7. The number of carbonyl (C=O) groups is 4. The first-order valence-corrected chi connectivity index (χ1v) is 12.4. The van der Waals surface area contributed by atoms with Gasteiger partial charge in [-0.05, 0) is 11.1 Å². The number of amides is 2. The van der Waals surface area contributed by atoms with E-state index in [-0.39, 0.29) is 24.7 Å². The van der Waals surface area contributed by atoms with Crippen molar-refractivity contribution in [2.24, 2.45) is 0 Å². The Morgan fingerprint density at radius 1 is 0.676 bits per heavy atom. The summed E-state index contributed by atoms with van der Waals surface area (Å²) in [5.74, 6) is -3.32. The fourth-order valence-electron chi connectivity index (χ4n) is 2.38. The van der Waals surface area contributed by atoms with Gasteiger partial charge in [0.2, 0.25) is 0 Å². The number of carboxylic acids is 2. The minimum atomic E-state index is -1.52. The van der Waals surface area contributed by atoms with E-state index in [1.54, 1.807) is 60.7 Å². The van der Waals surface area contributed by atoms with Crippen molar-refractivity contribution >= 4 is 45.7 Å². The summed E-state index contributed by atoms with van der Waals surface area (Å²) in [5.41, 5.74) is 1.46. The Balaban J connectivity index is 1.71. The molecule has 0 heterocycles. The van der Waals surface area contributed by atoms with Crippen LogP contribution in [-0.4, -0.2) is 47.7 Å². The maximum atomic E-state index is 11.9. The van der Waals surface area contributed by atoms with Gasteiger partial charge in [0.1, 0.15) is 13.2 Å². The molecule has 2 atom stereocenters. The lowest BCUT2D eigenvalue weighted by molar-refractivity contribution is -0.308. The number of carboxylic acid groups (broad SMARTS) is 2. The SMILES string of the molecule is O=C(N[C@@H](CSSC[C@H](NC(=O)OCc1ccccc1)C(=O)[O-])C(=O)[O-])OCc1ccccc1. The zero-order chi connectivity index (χ0) is 24.8. The molecule has 2 amide bonds. The van der Waals surface area contributed by atoms with E-state index in [9.17, 15) is 29.4 Å². The summed E-state index contributed by atoms with van der Waals surface area (Å²) in [6.45, 7) is -0.0681. The van der Waals surface area contributed by atoms with Gasteiger partial charge < -0.3 is 39.9 Å². The van der Waals surface area contributed by atoms with Gasteiger partial charge in [-0.2, -0.15) is 0 Å². The Bertz CT molecular complexity index is 869. The van der Waals surface area contributed by atoms with Crippen molar-refractivity contribution in [2.75, 3.05) is 11.5 Å². The number of carbonyl (C=O) groups excluding carboxylic acids is 4. The summed E-state index contributed by atoms with van der Waals surface area (Å²) >= 11 is 0. The van der Waals surface area contributed by atoms with Crippen molar-refractivity contribution in [1.82, 2.24) is 10.6 Å².